The molecule has 1 N–H and O–H groups in total. The number of carbonyl (C=O) groups is 1. The van der Waals surface area contributed by atoms with Gasteiger partial charge in [-0.3, -0.25) is 0 Å². The smallest absolute Gasteiger partial charge is 0.335 e. The van der Waals surface area contributed by atoms with E-state index in [4.69, 9.17) is 11.6 Å². The number of azo groups is 1. The summed E-state index contributed by atoms with van der Waals surface area (Å²) in [5.74, 6) is -2.32. The van der Waals surface area contributed by atoms with Crippen molar-refractivity contribution in [3.63, 3.8) is 0 Å². The summed E-state index contributed by atoms with van der Waals surface area (Å²) in [5, 5.41) is 30.1. The van der Waals surface area contributed by atoms with Gasteiger partial charge in [-0.25, -0.2) is 13.2 Å². The predicted molar refractivity (Wildman–Crippen MR) is 98.7 cm³/mol. The van der Waals surface area contributed by atoms with E-state index in [1.165, 1.54) is 12.1 Å². The van der Waals surface area contributed by atoms with Gasteiger partial charge in [0.05, 0.1) is 16.1 Å². The summed E-state index contributed by atoms with van der Waals surface area (Å²) in [6.45, 7) is 1.57. The van der Waals surface area contributed by atoms with Gasteiger partial charge >= 0.3 is 5.97 Å². The van der Waals surface area contributed by atoms with Gasteiger partial charge in [-0.2, -0.15) is 5.11 Å². The van der Waals surface area contributed by atoms with E-state index in [0.29, 0.717) is 16.3 Å². The van der Waals surface area contributed by atoms with Crippen LogP contribution in [0.15, 0.2) is 57.6 Å². The molecular weight excluding hydrogens is 408 g/mol. The molecule has 0 saturated carbocycles. The Kier molecular flexibility index (Phi) is 5.07. The molecule has 0 aliphatic heterocycles. The van der Waals surface area contributed by atoms with E-state index in [1.807, 2.05) is 0 Å². The van der Waals surface area contributed by atoms with Gasteiger partial charge in [0.2, 0.25) is 0 Å². The number of aromatic carboxylic acids is 1. The summed E-state index contributed by atoms with van der Waals surface area (Å²) < 4.78 is 34.5. The second kappa shape index (κ2) is 7.19. The monoisotopic (exact) mass is 418 g/mol. The Morgan fingerprint density at radius 1 is 1.14 bits per heavy atom. The first kappa shape index (κ1) is 19.7. The van der Waals surface area contributed by atoms with Crippen LogP contribution in [0.1, 0.15) is 15.9 Å². The van der Waals surface area contributed by atoms with Crippen LogP contribution < -0.4 is 5.11 Å². The van der Waals surface area contributed by atoms with Gasteiger partial charge in [0.15, 0.2) is 0 Å². The zero-order valence-corrected chi connectivity index (χ0v) is 15.8. The Morgan fingerprint density at radius 3 is 2.46 bits per heavy atom. The average molecular weight is 419 g/mol. The fourth-order valence-corrected chi connectivity index (χ4v) is 3.44. The SMILES string of the molecule is Cc1cc(N=Nc2c([O-])c(C(=O)O)cc3ccccc23)c(S(=O)(=O)[O-])cc1Cl. The number of benzene rings is 3. The van der Waals surface area contributed by atoms with Crippen molar-refractivity contribution in [2.24, 2.45) is 10.2 Å². The highest BCUT2D eigenvalue weighted by Crippen LogP contribution is 2.39. The van der Waals surface area contributed by atoms with E-state index in [-0.39, 0.29) is 16.4 Å². The molecule has 3 aromatic carbocycles. The molecule has 0 fully saturated rings. The molecule has 8 nitrogen and oxygen atoms in total. The number of aryl methyl sites for hydroxylation is 1. The zero-order chi connectivity index (χ0) is 20.6. The third-order valence-electron chi connectivity index (χ3n) is 3.97. The van der Waals surface area contributed by atoms with Crippen LogP contribution in [0.25, 0.3) is 10.8 Å². The van der Waals surface area contributed by atoms with Crippen LogP contribution in [0.3, 0.4) is 0 Å². The second-order valence-corrected chi connectivity index (χ2v) is 7.61. The molecule has 0 spiro atoms. The number of carboxylic acids is 1. The van der Waals surface area contributed by atoms with Crippen molar-refractivity contribution < 1.29 is 28.0 Å². The van der Waals surface area contributed by atoms with Crippen LogP contribution in [0.2, 0.25) is 5.02 Å². The lowest BCUT2D eigenvalue weighted by Gasteiger charge is -2.16. The molecule has 144 valence electrons. The first-order valence-electron chi connectivity index (χ1n) is 7.73. The van der Waals surface area contributed by atoms with E-state index in [9.17, 15) is 28.0 Å². The third-order valence-corrected chi connectivity index (χ3v) is 5.25. The minimum Gasteiger partial charge on any atom is -0.870 e. The van der Waals surface area contributed by atoms with Gasteiger partial charge in [0, 0.05) is 10.4 Å². The summed E-state index contributed by atoms with van der Waals surface area (Å²) in [7, 11) is -4.91. The maximum absolute atomic E-state index is 12.5. The van der Waals surface area contributed by atoms with Gasteiger partial charge in [-0.1, -0.05) is 41.6 Å². The highest BCUT2D eigenvalue weighted by molar-refractivity contribution is 7.86. The standard InChI is InChI=1S/C18H13ClN2O6S/c1-9-6-14(15(8-13(9)19)28(25,26)27)20-21-16-11-5-3-2-4-10(11)7-12(17(16)22)18(23)24/h2-8,22H,1H3,(H,23,24)(H,25,26,27)/p-2. The Balaban J connectivity index is 2.27. The molecule has 0 aliphatic carbocycles. The number of hydrogen-bond donors (Lipinski definition) is 1. The molecule has 10 heteroatoms. The number of carboxylic acid groups (broad SMARTS) is 1. The fraction of sp³-hybridized carbons (Fsp3) is 0.0556. The van der Waals surface area contributed by atoms with Gasteiger partial charge in [0.25, 0.3) is 0 Å². The molecular formula is C18H11ClN2O6S-2. The Labute approximate surface area is 164 Å². The van der Waals surface area contributed by atoms with Crippen LogP contribution in [0, 0.1) is 6.92 Å². The summed E-state index contributed by atoms with van der Waals surface area (Å²) in [6, 6.07) is 9.85. The van der Waals surface area contributed by atoms with E-state index in [1.54, 1.807) is 31.2 Å². The van der Waals surface area contributed by atoms with Gasteiger partial charge < -0.3 is 14.8 Å². The molecule has 0 atom stereocenters. The molecule has 0 heterocycles. The quantitative estimate of drug-likeness (QED) is 0.502. The van der Waals surface area contributed by atoms with Crippen molar-refractivity contribution in [3.05, 3.63) is 58.6 Å². The average Bonchev–Trinajstić information content (AvgIpc) is 2.61. The van der Waals surface area contributed by atoms with Crippen LogP contribution in [0.4, 0.5) is 11.4 Å². The summed E-state index contributed by atoms with van der Waals surface area (Å²) in [5.41, 5.74) is -0.649. The van der Waals surface area contributed by atoms with Gasteiger partial charge in [0.1, 0.15) is 15.8 Å². The van der Waals surface area contributed by atoms with Gasteiger partial charge in [-0.15, -0.1) is 5.11 Å². The molecule has 0 bridgehead atoms. The topological polar surface area (TPSA) is 142 Å². The van der Waals surface area contributed by atoms with Crippen LogP contribution in [-0.2, 0) is 10.1 Å². The lowest BCUT2D eigenvalue weighted by Crippen LogP contribution is -2.04. The number of halogens is 1. The molecule has 28 heavy (non-hydrogen) atoms. The zero-order valence-electron chi connectivity index (χ0n) is 14.2. The van der Waals surface area contributed by atoms with Crippen molar-refractivity contribution in [2.75, 3.05) is 0 Å². The molecule has 0 amide bonds. The van der Waals surface area contributed by atoms with Crippen molar-refractivity contribution in [2.45, 2.75) is 11.8 Å². The second-order valence-electron chi connectivity index (χ2n) is 5.85. The molecule has 0 radical (unpaired) electrons. The molecule has 0 aromatic heterocycles. The molecule has 0 saturated heterocycles. The number of hydrogen-bond acceptors (Lipinski definition) is 7. The normalized spacial score (nSPS) is 12.0. The Morgan fingerprint density at radius 2 is 1.82 bits per heavy atom. The molecule has 3 aromatic rings. The van der Waals surface area contributed by atoms with Crippen molar-refractivity contribution >= 4 is 49.8 Å². The highest BCUT2D eigenvalue weighted by Gasteiger charge is 2.14. The van der Waals surface area contributed by atoms with E-state index >= 15 is 0 Å². The highest BCUT2D eigenvalue weighted by atomic mass is 35.5. The first-order chi connectivity index (χ1) is 13.1. The third kappa shape index (κ3) is 3.68. The maximum Gasteiger partial charge on any atom is 0.335 e. The number of fused-ring (bicyclic) bond motifs is 1. The van der Waals surface area contributed by atoms with Gasteiger partial charge in [-0.05, 0) is 36.1 Å². The summed E-state index contributed by atoms with van der Waals surface area (Å²) in [6.07, 6.45) is 0. The minimum absolute atomic E-state index is 0.0520. The number of rotatable bonds is 4. The summed E-state index contributed by atoms with van der Waals surface area (Å²) in [4.78, 5) is 10.7. The van der Waals surface area contributed by atoms with Crippen LogP contribution in [-0.4, -0.2) is 24.0 Å². The first-order valence-corrected chi connectivity index (χ1v) is 9.52. The van der Waals surface area contributed by atoms with Crippen molar-refractivity contribution in [3.8, 4) is 5.75 Å². The Bertz CT molecular complexity index is 1250. The van der Waals surface area contributed by atoms with Crippen molar-refractivity contribution in [1.82, 2.24) is 0 Å². The van der Waals surface area contributed by atoms with E-state index in [0.717, 1.165) is 6.07 Å². The predicted octanol–water partition coefficient (Wildman–Crippen LogP) is 3.89. The molecule has 3 rings (SSSR count). The van der Waals surface area contributed by atoms with Crippen LogP contribution >= 0.6 is 11.6 Å². The number of nitrogens with zero attached hydrogens (tertiary/aromatic N) is 2. The lowest BCUT2D eigenvalue weighted by atomic mass is 10.0. The molecule has 0 unspecified atom stereocenters. The maximum atomic E-state index is 12.5. The summed E-state index contributed by atoms with van der Waals surface area (Å²) >= 11 is 5.88. The lowest BCUT2D eigenvalue weighted by molar-refractivity contribution is -0.267. The van der Waals surface area contributed by atoms with Crippen LogP contribution in [0.5, 0.6) is 5.75 Å². The fourth-order valence-electron chi connectivity index (χ4n) is 2.60. The van der Waals surface area contributed by atoms with E-state index < -0.39 is 32.3 Å². The largest absolute Gasteiger partial charge is 0.870 e. The van der Waals surface area contributed by atoms with E-state index in [2.05, 4.69) is 10.2 Å². The van der Waals surface area contributed by atoms with Crippen molar-refractivity contribution in [1.29, 1.82) is 0 Å². The minimum atomic E-state index is -4.91. The Hall–Kier alpha value is -3.01. The molecule has 0 aliphatic rings.